The van der Waals surface area contributed by atoms with Crippen LogP contribution >= 0.6 is 0 Å². The lowest BCUT2D eigenvalue weighted by Crippen LogP contribution is -2.06. The molecule has 0 aliphatic rings. The zero-order valence-corrected chi connectivity index (χ0v) is 11.1. The van der Waals surface area contributed by atoms with Gasteiger partial charge in [0.15, 0.2) is 23.3 Å². The van der Waals surface area contributed by atoms with Gasteiger partial charge in [-0.25, -0.2) is 18.2 Å². The average molecular weight is 281 g/mol. The number of aryl methyl sites for hydroxylation is 1. The summed E-state index contributed by atoms with van der Waals surface area (Å²) in [4.78, 5) is 3.82. The van der Waals surface area contributed by atoms with Gasteiger partial charge in [0.2, 0.25) is 0 Å². The van der Waals surface area contributed by atoms with E-state index in [0.717, 1.165) is 6.07 Å². The van der Waals surface area contributed by atoms with Crippen LogP contribution in [-0.4, -0.2) is 11.5 Å². The van der Waals surface area contributed by atoms with E-state index in [1.54, 1.807) is 19.9 Å². The Morgan fingerprint density at radius 3 is 2.35 bits per heavy atom. The van der Waals surface area contributed by atoms with E-state index in [0.29, 0.717) is 17.8 Å². The van der Waals surface area contributed by atoms with Crippen LogP contribution in [0.1, 0.15) is 12.5 Å². The third-order valence-corrected chi connectivity index (χ3v) is 2.58. The number of pyridine rings is 1. The molecule has 0 aliphatic carbocycles. The zero-order chi connectivity index (χ0) is 14.7. The Labute approximate surface area is 114 Å². The molecule has 0 saturated heterocycles. The van der Waals surface area contributed by atoms with E-state index in [-0.39, 0.29) is 11.6 Å². The molecule has 6 heteroatoms. The average Bonchev–Trinajstić information content (AvgIpc) is 2.34. The largest absolute Gasteiger partial charge is 0.368 e. The first-order chi connectivity index (χ1) is 9.49. The predicted molar refractivity (Wildman–Crippen MR) is 72.7 cm³/mol. The maximum Gasteiger partial charge on any atom is 0.169 e. The summed E-state index contributed by atoms with van der Waals surface area (Å²) in [5, 5.41) is 5.33. The second kappa shape index (κ2) is 5.81. The van der Waals surface area contributed by atoms with E-state index in [2.05, 4.69) is 15.6 Å². The molecule has 1 aromatic heterocycles. The lowest BCUT2D eigenvalue weighted by atomic mass is 10.2. The molecule has 106 valence electrons. The predicted octanol–water partition coefficient (Wildman–Crippen LogP) is 3.98. The SMILES string of the molecule is CCNc1nc(Nc2cc(C)cc(F)c2)c(F)cc1F. The normalized spacial score (nSPS) is 10.4. The van der Waals surface area contributed by atoms with E-state index < -0.39 is 17.5 Å². The van der Waals surface area contributed by atoms with E-state index in [9.17, 15) is 13.2 Å². The van der Waals surface area contributed by atoms with E-state index in [1.165, 1.54) is 12.1 Å². The van der Waals surface area contributed by atoms with Crippen molar-refractivity contribution < 1.29 is 13.2 Å². The summed E-state index contributed by atoms with van der Waals surface area (Å²) in [6.45, 7) is 3.94. The van der Waals surface area contributed by atoms with Crippen molar-refractivity contribution in [1.82, 2.24) is 4.98 Å². The monoisotopic (exact) mass is 281 g/mol. The topological polar surface area (TPSA) is 37.0 Å². The Balaban J connectivity index is 2.34. The summed E-state index contributed by atoms with van der Waals surface area (Å²) >= 11 is 0. The Bertz CT molecular complexity index is 609. The molecule has 0 aliphatic heterocycles. The molecule has 0 fully saturated rings. The maximum absolute atomic E-state index is 13.7. The fourth-order valence-corrected chi connectivity index (χ4v) is 1.79. The number of aromatic nitrogens is 1. The van der Waals surface area contributed by atoms with E-state index in [4.69, 9.17) is 0 Å². The highest BCUT2D eigenvalue weighted by Crippen LogP contribution is 2.23. The molecule has 1 aromatic carbocycles. The molecule has 0 spiro atoms. The molecule has 1 heterocycles. The van der Waals surface area contributed by atoms with Gasteiger partial charge in [-0.3, -0.25) is 0 Å². The van der Waals surface area contributed by atoms with Gasteiger partial charge in [0, 0.05) is 18.3 Å². The van der Waals surface area contributed by atoms with Gasteiger partial charge in [-0.1, -0.05) is 0 Å². The molecular weight excluding hydrogens is 267 g/mol. The van der Waals surface area contributed by atoms with Gasteiger partial charge in [-0.2, -0.15) is 0 Å². The number of halogens is 3. The minimum atomic E-state index is -0.842. The maximum atomic E-state index is 13.7. The van der Waals surface area contributed by atoms with Crippen LogP contribution in [0.4, 0.5) is 30.5 Å². The Kier molecular flexibility index (Phi) is 4.12. The molecule has 20 heavy (non-hydrogen) atoms. The molecule has 0 unspecified atom stereocenters. The van der Waals surface area contributed by atoms with Crippen molar-refractivity contribution in [3.8, 4) is 0 Å². The highest BCUT2D eigenvalue weighted by Gasteiger charge is 2.12. The molecule has 0 atom stereocenters. The summed E-state index contributed by atoms with van der Waals surface area (Å²) in [6.07, 6.45) is 0. The summed E-state index contributed by atoms with van der Waals surface area (Å²) in [7, 11) is 0. The number of benzene rings is 1. The summed E-state index contributed by atoms with van der Waals surface area (Å²) in [5.74, 6) is -2.27. The third-order valence-electron chi connectivity index (χ3n) is 2.58. The molecule has 0 saturated carbocycles. The van der Waals surface area contributed by atoms with Crippen molar-refractivity contribution >= 4 is 17.3 Å². The lowest BCUT2D eigenvalue weighted by molar-refractivity contribution is 0.579. The highest BCUT2D eigenvalue weighted by atomic mass is 19.1. The van der Waals surface area contributed by atoms with E-state index >= 15 is 0 Å². The minimum Gasteiger partial charge on any atom is -0.368 e. The quantitative estimate of drug-likeness (QED) is 0.890. The second-order valence-corrected chi connectivity index (χ2v) is 4.32. The first-order valence-corrected chi connectivity index (χ1v) is 6.13. The van der Waals surface area contributed by atoms with Crippen LogP contribution in [0, 0.1) is 24.4 Å². The molecule has 0 radical (unpaired) electrons. The fraction of sp³-hybridized carbons (Fsp3) is 0.214. The standard InChI is InChI=1S/C14H14F3N3/c1-3-18-13-11(16)7-12(17)14(20-13)19-10-5-8(2)4-9(15)6-10/h4-7H,3H2,1-2H3,(H2,18,19,20). The van der Waals surface area contributed by atoms with Crippen molar-refractivity contribution in [2.24, 2.45) is 0 Å². The van der Waals surface area contributed by atoms with Gasteiger partial charge in [-0.05, 0) is 37.6 Å². The smallest absolute Gasteiger partial charge is 0.169 e. The zero-order valence-electron chi connectivity index (χ0n) is 11.1. The Morgan fingerprint density at radius 1 is 1.00 bits per heavy atom. The number of nitrogens with one attached hydrogen (secondary N) is 2. The van der Waals surface area contributed by atoms with Gasteiger partial charge in [-0.15, -0.1) is 0 Å². The second-order valence-electron chi connectivity index (χ2n) is 4.32. The number of hydrogen-bond donors (Lipinski definition) is 2. The molecule has 0 amide bonds. The number of nitrogens with zero attached hydrogens (tertiary/aromatic N) is 1. The number of hydrogen-bond acceptors (Lipinski definition) is 3. The van der Waals surface area contributed by atoms with Crippen molar-refractivity contribution in [3.05, 3.63) is 47.3 Å². The molecule has 2 aromatic rings. The van der Waals surface area contributed by atoms with Crippen LogP contribution in [-0.2, 0) is 0 Å². The highest BCUT2D eigenvalue weighted by molar-refractivity contribution is 5.59. The van der Waals surface area contributed by atoms with Crippen LogP contribution in [0.5, 0.6) is 0 Å². The van der Waals surface area contributed by atoms with Crippen molar-refractivity contribution in [1.29, 1.82) is 0 Å². The van der Waals surface area contributed by atoms with Gasteiger partial charge >= 0.3 is 0 Å². The molecule has 3 nitrogen and oxygen atoms in total. The van der Waals surface area contributed by atoms with Crippen LogP contribution < -0.4 is 10.6 Å². The first kappa shape index (κ1) is 14.2. The van der Waals surface area contributed by atoms with Gasteiger partial charge in [0.1, 0.15) is 5.82 Å². The van der Waals surface area contributed by atoms with Crippen LogP contribution in [0.25, 0.3) is 0 Å². The van der Waals surface area contributed by atoms with Gasteiger partial charge in [0.25, 0.3) is 0 Å². The third kappa shape index (κ3) is 3.20. The van der Waals surface area contributed by atoms with Crippen molar-refractivity contribution in [2.45, 2.75) is 13.8 Å². The van der Waals surface area contributed by atoms with Gasteiger partial charge < -0.3 is 10.6 Å². The molecular formula is C14H14F3N3. The lowest BCUT2D eigenvalue weighted by Gasteiger charge is -2.11. The molecule has 2 N–H and O–H groups in total. The van der Waals surface area contributed by atoms with Crippen LogP contribution in [0.15, 0.2) is 24.3 Å². The summed E-state index contributed by atoms with van der Waals surface area (Å²) < 4.78 is 40.4. The van der Waals surface area contributed by atoms with Crippen LogP contribution in [0.2, 0.25) is 0 Å². The van der Waals surface area contributed by atoms with Crippen molar-refractivity contribution in [3.63, 3.8) is 0 Å². The minimum absolute atomic E-state index is 0.0514. The summed E-state index contributed by atoms with van der Waals surface area (Å²) in [5.41, 5.74) is 1.03. The number of anilines is 3. The molecule has 0 bridgehead atoms. The Hall–Kier alpha value is -2.24. The summed E-state index contributed by atoms with van der Waals surface area (Å²) in [6, 6.07) is 4.94. The Morgan fingerprint density at radius 2 is 1.70 bits per heavy atom. The van der Waals surface area contributed by atoms with E-state index in [1.807, 2.05) is 0 Å². The number of rotatable bonds is 4. The molecule has 2 rings (SSSR count). The van der Waals surface area contributed by atoms with Crippen molar-refractivity contribution in [2.75, 3.05) is 17.2 Å². The van der Waals surface area contributed by atoms with Gasteiger partial charge in [0.05, 0.1) is 0 Å². The fourth-order valence-electron chi connectivity index (χ4n) is 1.79. The van der Waals surface area contributed by atoms with Crippen LogP contribution in [0.3, 0.4) is 0 Å². The first-order valence-electron chi connectivity index (χ1n) is 6.13.